The van der Waals surface area contributed by atoms with Crippen molar-refractivity contribution >= 4 is 23.3 Å². The molecule has 0 amide bonds. The first kappa shape index (κ1) is 10.6. The van der Waals surface area contributed by atoms with Gasteiger partial charge < -0.3 is 10.0 Å². The molecule has 0 aliphatic rings. The number of aromatic amines is 1. The monoisotopic (exact) mass is 238 g/mol. The Morgan fingerprint density at radius 2 is 2.50 bits per heavy atom. The number of hydrogen-bond donors (Lipinski definition) is 2. The molecule has 16 heavy (non-hydrogen) atoms. The zero-order valence-electron chi connectivity index (χ0n) is 8.54. The summed E-state index contributed by atoms with van der Waals surface area (Å²) in [7, 11) is 1.63. The Morgan fingerprint density at radius 3 is 3.12 bits per heavy atom. The maximum atomic E-state index is 10.5. The number of hydrogen-bond acceptors (Lipinski definition) is 5. The maximum Gasteiger partial charge on any atom is 0.323 e. The second-order valence-electron chi connectivity index (χ2n) is 3.21. The quantitative estimate of drug-likeness (QED) is 0.832. The number of anilines is 1. The molecule has 0 atom stereocenters. The Kier molecular flexibility index (Phi) is 2.86. The fourth-order valence-electron chi connectivity index (χ4n) is 1.22. The van der Waals surface area contributed by atoms with E-state index in [1.54, 1.807) is 18.4 Å². The van der Waals surface area contributed by atoms with E-state index in [-0.39, 0.29) is 6.54 Å². The van der Waals surface area contributed by atoms with E-state index in [1.165, 1.54) is 4.90 Å². The van der Waals surface area contributed by atoms with Gasteiger partial charge in [0, 0.05) is 7.05 Å². The Labute approximate surface area is 95.6 Å². The average Bonchev–Trinajstić information content (AvgIpc) is 2.87. The van der Waals surface area contributed by atoms with E-state index >= 15 is 0 Å². The van der Waals surface area contributed by atoms with Crippen molar-refractivity contribution < 1.29 is 9.90 Å². The molecule has 0 fully saturated rings. The summed E-state index contributed by atoms with van der Waals surface area (Å²) in [4.78, 5) is 17.2. The van der Waals surface area contributed by atoms with Crippen LogP contribution in [0.2, 0.25) is 0 Å². The van der Waals surface area contributed by atoms with Crippen LogP contribution in [-0.4, -0.2) is 39.8 Å². The third kappa shape index (κ3) is 2.19. The van der Waals surface area contributed by atoms with Crippen molar-refractivity contribution in [3.63, 3.8) is 0 Å². The lowest BCUT2D eigenvalue weighted by Gasteiger charge is -2.10. The van der Waals surface area contributed by atoms with Gasteiger partial charge in [0.05, 0.1) is 4.88 Å². The summed E-state index contributed by atoms with van der Waals surface area (Å²) in [6.07, 6.45) is 0. The minimum absolute atomic E-state index is 0.123. The molecule has 0 radical (unpaired) electrons. The molecule has 2 aromatic rings. The average molecular weight is 238 g/mol. The predicted octanol–water partition coefficient (Wildman–Crippen LogP) is 1.05. The smallest absolute Gasteiger partial charge is 0.323 e. The highest BCUT2D eigenvalue weighted by Gasteiger charge is 2.12. The molecule has 2 heterocycles. The normalized spacial score (nSPS) is 10.3. The van der Waals surface area contributed by atoms with Crippen molar-refractivity contribution in [1.29, 1.82) is 0 Å². The highest BCUT2D eigenvalue weighted by atomic mass is 32.1. The van der Waals surface area contributed by atoms with Gasteiger partial charge in [0.15, 0.2) is 5.82 Å². The zero-order chi connectivity index (χ0) is 11.5. The zero-order valence-corrected chi connectivity index (χ0v) is 9.36. The van der Waals surface area contributed by atoms with Crippen LogP contribution in [0.15, 0.2) is 17.5 Å². The number of rotatable bonds is 4. The topological polar surface area (TPSA) is 82.1 Å². The number of H-pyrrole nitrogens is 1. The molecule has 84 valence electrons. The summed E-state index contributed by atoms with van der Waals surface area (Å²) in [6.45, 7) is -0.123. The van der Waals surface area contributed by atoms with Gasteiger partial charge in [-0.05, 0) is 11.4 Å². The standard InChI is InChI=1S/C9H10N4O2S/c1-13(5-7(14)15)9-10-8(11-12-9)6-3-2-4-16-6/h2-4H,5H2,1H3,(H,14,15)(H,10,11,12). The molecule has 0 aromatic carbocycles. The molecule has 0 unspecified atom stereocenters. The van der Waals surface area contributed by atoms with E-state index in [4.69, 9.17) is 5.11 Å². The fraction of sp³-hybridized carbons (Fsp3) is 0.222. The first-order valence-electron chi connectivity index (χ1n) is 4.56. The van der Waals surface area contributed by atoms with Gasteiger partial charge in [0.25, 0.3) is 0 Å². The summed E-state index contributed by atoms with van der Waals surface area (Å²) < 4.78 is 0. The lowest BCUT2D eigenvalue weighted by Crippen LogP contribution is -2.26. The molecule has 0 spiro atoms. The molecule has 0 aliphatic heterocycles. The van der Waals surface area contributed by atoms with Crippen molar-refractivity contribution in [2.75, 3.05) is 18.5 Å². The highest BCUT2D eigenvalue weighted by Crippen LogP contribution is 2.21. The van der Waals surface area contributed by atoms with E-state index in [2.05, 4.69) is 15.2 Å². The number of aromatic nitrogens is 3. The number of nitrogens with one attached hydrogen (secondary N) is 1. The number of aliphatic carboxylic acids is 1. The van der Waals surface area contributed by atoms with E-state index in [9.17, 15) is 4.79 Å². The second kappa shape index (κ2) is 4.31. The summed E-state index contributed by atoms with van der Waals surface area (Å²) >= 11 is 1.55. The highest BCUT2D eigenvalue weighted by molar-refractivity contribution is 7.13. The number of nitrogens with zero attached hydrogens (tertiary/aromatic N) is 3. The van der Waals surface area contributed by atoms with Crippen LogP contribution in [0.1, 0.15) is 0 Å². The van der Waals surface area contributed by atoms with Crippen molar-refractivity contribution in [3.8, 4) is 10.7 Å². The number of carbonyl (C=O) groups is 1. The molecule has 0 saturated heterocycles. The van der Waals surface area contributed by atoms with Gasteiger partial charge in [0.2, 0.25) is 5.95 Å². The van der Waals surface area contributed by atoms with E-state index in [0.29, 0.717) is 11.8 Å². The van der Waals surface area contributed by atoms with E-state index in [1.807, 2.05) is 17.5 Å². The number of thiophene rings is 1. The molecule has 2 N–H and O–H groups in total. The van der Waals surface area contributed by atoms with Gasteiger partial charge in [0.1, 0.15) is 6.54 Å². The third-order valence-corrected chi connectivity index (χ3v) is 2.82. The van der Waals surface area contributed by atoms with Crippen molar-refractivity contribution in [1.82, 2.24) is 15.2 Å². The Morgan fingerprint density at radius 1 is 1.69 bits per heavy atom. The number of carboxylic acid groups (broad SMARTS) is 1. The minimum atomic E-state index is -0.912. The second-order valence-corrected chi connectivity index (χ2v) is 4.16. The van der Waals surface area contributed by atoms with Crippen molar-refractivity contribution in [2.24, 2.45) is 0 Å². The Balaban J connectivity index is 2.16. The summed E-state index contributed by atoms with van der Waals surface area (Å²) in [5.41, 5.74) is 0. The Bertz CT molecular complexity index is 479. The van der Waals surface area contributed by atoms with E-state index < -0.39 is 5.97 Å². The summed E-state index contributed by atoms with van der Waals surface area (Å²) in [5.74, 6) is 0.123. The van der Waals surface area contributed by atoms with Crippen LogP contribution in [-0.2, 0) is 4.79 Å². The molecule has 0 bridgehead atoms. The third-order valence-electron chi connectivity index (χ3n) is 1.94. The fourth-order valence-corrected chi connectivity index (χ4v) is 1.88. The molecule has 2 aromatic heterocycles. The molecule has 2 rings (SSSR count). The first-order chi connectivity index (χ1) is 7.66. The van der Waals surface area contributed by atoms with Crippen LogP contribution < -0.4 is 4.90 Å². The van der Waals surface area contributed by atoms with Crippen LogP contribution in [0.4, 0.5) is 5.95 Å². The molecular formula is C9H10N4O2S. The van der Waals surface area contributed by atoms with Gasteiger partial charge in [-0.1, -0.05) is 6.07 Å². The van der Waals surface area contributed by atoms with Gasteiger partial charge >= 0.3 is 5.97 Å². The predicted molar refractivity (Wildman–Crippen MR) is 60.6 cm³/mol. The summed E-state index contributed by atoms with van der Waals surface area (Å²) in [6, 6.07) is 3.84. The van der Waals surface area contributed by atoms with Crippen LogP contribution in [0.3, 0.4) is 0 Å². The lowest BCUT2D eigenvalue weighted by molar-refractivity contribution is -0.135. The van der Waals surface area contributed by atoms with Gasteiger partial charge in [-0.25, -0.2) is 0 Å². The maximum absolute atomic E-state index is 10.5. The van der Waals surface area contributed by atoms with E-state index in [0.717, 1.165) is 4.88 Å². The van der Waals surface area contributed by atoms with Gasteiger partial charge in [-0.2, -0.15) is 4.98 Å². The largest absolute Gasteiger partial charge is 0.480 e. The van der Waals surface area contributed by atoms with Crippen LogP contribution in [0.5, 0.6) is 0 Å². The summed E-state index contributed by atoms with van der Waals surface area (Å²) in [5, 5.41) is 17.3. The van der Waals surface area contributed by atoms with Crippen LogP contribution >= 0.6 is 11.3 Å². The molecule has 0 aliphatic carbocycles. The molecular weight excluding hydrogens is 228 g/mol. The molecule has 7 heteroatoms. The van der Waals surface area contributed by atoms with Crippen molar-refractivity contribution in [2.45, 2.75) is 0 Å². The first-order valence-corrected chi connectivity index (χ1v) is 5.44. The van der Waals surface area contributed by atoms with Gasteiger partial charge in [-0.3, -0.25) is 9.89 Å². The molecule has 6 nitrogen and oxygen atoms in total. The minimum Gasteiger partial charge on any atom is -0.480 e. The van der Waals surface area contributed by atoms with Gasteiger partial charge in [-0.15, -0.1) is 16.4 Å². The number of carboxylic acids is 1. The SMILES string of the molecule is CN(CC(=O)O)c1n[nH]c(-c2cccs2)n1. The lowest BCUT2D eigenvalue weighted by atomic mass is 10.4. The number of likely N-dealkylation sites (N-methyl/N-ethyl adjacent to an activating group) is 1. The molecule has 0 saturated carbocycles. The van der Waals surface area contributed by atoms with Crippen molar-refractivity contribution in [3.05, 3.63) is 17.5 Å². The Hall–Kier alpha value is -1.89. The van der Waals surface area contributed by atoms with Crippen LogP contribution in [0.25, 0.3) is 10.7 Å². The van der Waals surface area contributed by atoms with Crippen LogP contribution in [0, 0.1) is 0 Å².